The number of anilines is 2. The van der Waals surface area contributed by atoms with Crippen molar-refractivity contribution in [3.05, 3.63) is 47.3 Å². The largest absolute Gasteiger partial charge is 0.399 e. The fourth-order valence-corrected chi connectivity index (χ4v) is 1.82. The lowest BCUT2D eigenvalue weighted by Gasteiger charge is -2.17. The van der Waals surface area contributed by atoms with Crippen LogP contribution in [0.15, 0.2) is 30.3 Å². The number of rotatable bonds is 3. The van der Waals surface area contributed by atoms with Gasteiger partial charge in [-0.25, -0.2) is 9.97 Å². The molecule has 1 aromatic carbocycles. The Morgan fingerprint density at radius 1 is 1.32 bits per heavy atom. The molecule has 0 amide bonds. The number of nitrogens with two attached hydrogens (primary N) is 1. The van der Waals surface area contributed by atoms with Crippen LogP contribution in [-0.2, 0) is 6.54 Å². The minimum absolute atomic E-state index is 0.377. The lowest BCUT2D eigenvalue weighted by molar-refractivity contribution is 0.857. The van der Waals surface area contributed by atoms with Crippen LogP contribution in [0.4, 0.5) is 11.6 Å². The molecule has 2 aromatic rings. The Hall–Kier alpha value is -2.61. The third kappa shape index (κ3) is 3.19. The maximum absolute atomic E-state index is 8.92. The number of nitrogens with zero attached hydrogens (tertiary/aromatic N) is 4. The molecule has 0 unspecified atom stereocenters. The summed E-state index contributed by atoms with van der Waals surface area (Å²) in [6.45, 7) is 2.49. The van der Waals surface area contributed by atoms with Crippen LogP contribution in [0.25, 0.3) is 0 Å². The fraction of sp³-hybridized carbons (Fsp3) is 0.214. The van der Waals surface area contributed by atoms with E-state index in [1.54, 1.807) is 6.07 Å². The second kappa shape index (κ2) is 5.36. The lowest BCUT2D eigenvalue weighted by atomic mass is 10.2. The molecule has 0 saturated carbocycles. The van der Waals surface area contributed by atoms with Gasteiger partial charge in [-0.15, -0.1) is 0 Å². The van der Waals surface area contributed by atoms with Crippen molar-refractivity contribution < 1.29 is 0 Å². The molecule has 0 fully saturated rings. The highest BCUT2D eigenvalue weighted by molar-refractivity contribution is 5.43. The van der Waals surface area contributed by atoms with Crippen LogP contribution in [0.2, 0.25) is 0 Å². The van der Waals surface area contributed by atoms with Crippen molar-refractivity contribution in [2.24, 2.45) is 0 Å². The molecule has 0 bridgehead atoms. The van der Waals surface area contributed by atoms with Gasteiger partial charge in [-0.2, -0.15) is 5.26 Å². The van der Waals surface area contributed by atoms with Crippen molar-refractivity contribution >= 4 is 11.6 Å². The normalized spacial score (nSPS) is 9.95. The van der Waals surface area contributed by atoms with Gasteiger partial charge in [-0.3, -0.25) is 0 Å². The standard InChI is InChI=1S/C14H15N5/c1-10-6-13(8-15)18-14(17-10)19(2)9-11-4-3-5-12(16)7-11/h3-7H,9,16H2,1-2H3. The molecular formula is C14H15N5. The summed E-state index contributed by atoms with van der Waals surface area (Å²) in [5.41, 5.74) is 8.71. The van der Waals surface area contributed by atoms with E-state index in [2.05, 4.69) is 9.97 Å². The summed E-state index contributed by atoms with van der Waals surface area (Å²) in [5.74, 6) is 0.541. The molecule has 1 aromatic heterocycles. The Kier molecular flexibility index (Phi) is 3.62. The first kappa shape index (κ1) is 12.8. The van der Waals surface area contributed by atoms with Crippen LogP contribution < -0.4 is 10.6 Å². The van der Waals surface area contributed by atoms with E-state index in [9.17, 15) is 0 Å². The van der Waals surface area contributed by atoms with Crippen molar-refractivity contribution in [3.63, 3.8) is 0 Å². The molecule has 0 aliphatic rings. The van der Waals surface area contributed by atoms with E-state index in [0.29, 0.717) is 18.2 Å². The van der Waals surface area contributed by atoms with Crippen LogP contribution in [-0.4, -0.2) is 17.0 Å². The maximum Gasteiger partial charge on any atom is 0.226 e. The Balaban J connectivity index is 2.23. The number of aromatic nitrogens is 2. The Labute approximate surface area is 112 Å². The predicted molar refractivity (Wildman–Crippen MR) is 74.4 cm³/mol. The molecule has 0 aliphatic carbocycles. The van der Waals surface area contributed by atoms with Crippen LogP contribution in [0, 0.1) is 18.3 Å². The highest BCUT2D eigenvalue weighted by atomic mass is 15.2. The van der Waals surface area contributed by atoms with Crippen molar-refractivity contribution in [3.8, 4) is 6.07 Å². The van der Waals surface area contributed by atoms with Crippen LogP contribution in [0.1, 0.15) is 17.0 Å². The van der Waals surface area contributed by atoms with E-state index in [0.717, 1.165) is 16.9 Å². The van der Waals surface area contributed by atoms with Crippen molar-refractivity contribution in [2.75, 3.05) is 17.7 Å². The smallest absolute Gasteiger partial charge is 0.226 e. The van der Waals surface area contributed by atoms with Gasteiger partial charge in [0, 0.05) is 25.0 Å². The second-order valence-corrected chi connectivity index (χ2v) is 4.41. The van der Waals surface area contributed by atoms with E-state index >= 15 is 0 Å². The first-order valence-corrected chi connectivity index (χ1v) is 5.90. The van der Waals surface area contributed by atoms with Gasteiger partial charge < -0.3 is 10.6 Å². The zero-order chi connectivity index (χ0) is 13.8. The molecule has 0 aliphatic heterocycles. The van der Waals surface area contributed by atoms with Gasteiger partial charge >= 0.3 is 0 Å². The number of benzene rings is 1. The van der Waals surface area contributed by atoms with Crippen molar-refractivity contribution in [1.82, 2.24) is 9.97 Å². The van der Waals surface area contributed by atoms with Crippen molar-refractivity contribution in [2.45, 2.75) is 13.5 Å². The second-order valence-electron chi connectivity index (χ2n) is 4.41. The maximum atomic E-state index is 8.92. The number of hydrogen-bond acceptors (Lipinski definition) is 5. The Morgan fingerprint density at radius 2 is 2.11 bits per heavy atom. The highest BCUT2D eigenvalue weighted by Gasteiger charge is 2.08. The minimum Gasteiger partial charge on any atom is -0.399 e. The number of nitriles is 1. The summed E-state index contributed by atoms with van der Waals surface area (Å²) >= 11 is 0. The van der Waals surface area contributed by atoms with Crippen LogP contribution in [0.5, 0.6) is 0 Å². The highest BCUT2D eigenvalue weighted by Crippen LogP contribution is 2.13. The summed E-state index contributed by atoms with van der Waals surface area (Å²) in [5, 5.41) is 8.92. The summed E-state index contributed by atoms with van der Waals surface area (Å²) in [6.07, 6.45) is 0. The van der Waals surface area contributed by atoms with Gasteiger partial charge in [0.1, 0.15) is 11.8 Å². The summed E-state index contributed by atoms with van der Waals surface area (Å²) in [6, 6.07) is 11.4. The minimum atomic E-state index is 0.377. The Bertz CT molecular complexity index is 630. The zero-order valence-electron chi connectivity index (χ0n) is 11.0. The quantitative estimate of drug-likeness (QED) is 0.845. The molecule has 5 nitrogen and oxygen atoms in total. The molecule has 1 heterocycles. The number of nitrogen functional groups attached to an aromatic ring is 1. The van der Waals surface area contributed by atoms with E-state index in [4.69, 9.17) is 11.0 Å². The topological polar surface area (TPSA) is 78.8 Å². The van der Waals surface area contributed by atoms with Gasteiger partial charge in [0.25, 0.3) is 0 Å². The fourth-order valence-electron chi connectivity index (χ4n) is 1.82. The third-order valence-corrected chi connectivity index (χ3v) is 2.67. The van der Waals surface area contributed by atoms with Crippen LogP contribution >= 0.6 is 0 Å². The molecular weight excluding hydrogens is 238 g/mol. The van der Waals surface area contributed by atoms with E-state index < -0.39 is 0 Å². The first-order chi connectivity index (χ1) is 9.08. The number of aryl methyl sites for hydroxylation is 1. The molecule has 19 heavy (non-hydrogen) atoms. The van der Waals surface area contributed by atoms with Crippen LogP contribution in [0.3, 0.4) is 0 Å². The summed E-state index contributed by atoms with van der Waals surface area (Å²) in [7, 11) is 1.89. The lowest BCUT2D eigenvalue weighted by Crippen LogP contribution is -2.20. The molecule has 96 valence electrons. The number of hydrogen-bond donors (Lipinski definition) is 1. The SMILES string of the molecule is Cc1cc(C#N)nc(N(C)Cc2cccc(N)c2)n1. The van der Waals surface area contributed by atoms with E-state index in [1.165, 1.54) is 0 Å². The van der Waals surface area contributed by atoms with Gasteiger partial charge in [0.05, 0.1) is 0 Å². The molecule has 0 atom stereocenters. The molecule has 0 radical (unpaired) electrons. The molecule has 2 rings (SSSR count). The molecule has 5 heteroatoms. The van der Waals surface area contributed by atoms with Gasteiger partial charge in [-0.1, -0.05) is 12.1 Å². The summed E-state index contributed by atoms with van der Waals surface area (Å²) in [4.78, 5) is 10.4. The average Bonchev–Trinajstić information content (AvgIpc) is 2.38. The van der Waals surface area contributed by atoms with Gasteiger partial charge in [0.2, 0.25) is 5.95 Å². The molecule has 0 spiro atoms. The zero-order valence-corrected chi connectivity index (χ0v) is 11.0. The Morgan fingerprint density at radius 3 is 2.79 bits per heavy atom. The molecule has 0 saturated heterocycles. The van der Waals surface area contributed by atoms with Crippen molar-refractivity contribution in [1.29, 1.82) is 5.26 Å². The van der Waals surface area contributed by atoms with Gasteiger partial charge in [0.15, 0.2) is 0 Å². The predicted octanol–water partition coefficient (Wildman–Crippen LogP) is 1.88. The van der Waals surface area contributed by atoms with E-state index in [-0.39, 0.29) is 0 Å². The summed E-state index contributed by atoms with van der Waals surface area (Å²) < 4.78 is 0. The van der Waals surface area contributed by atoms with Gasteiger partial charge in [-0.05, 0) is 30.7 Å². The monoisotopic (exact) mass is 253 g/mol. The van der Waals surface area contributed by atoms with E-state index in [1.807, 2.05) is 49.2 Å². The molecule has 2 N–H and O–H groups in total. The average molecular weight is 253 g/mol. The first-order valence-electron chi connectivity index (χ1n) is 5.90. The third-order valence-electron chi connectivity index (χ3n) is 2.67.